The zero-order valence-electron chi connectivity index (χ0n) is 22.6. The Morgan fingerprint density at radius 1 is 1.10 bits per heavy atom. The molecule has 2 aromatic carbocycles. The second-order valence-corrected chi connectivity index (χ2v) is 9.70. The molecule has 11 heteroatoms. The summed E-state index contributed by atoms with van der Waals surface area (Å²) in [6.45, 7) is 3.64. The van der Waals surface area contributed by atoms with Gasteiger partial charge in [0.05, 0.1) is 39.2 Å². The largest absolute Gasteiger partial charge is 0.497 e. The molecule has 0 N–H and O–H groups in total. The van der Waals surface area contributed by atoms with Crippen molar-refractivity contribution in [2.45, 2.75) is 12.5 Å². The van der Waals surface area contributed by atoms with E-state index in [0.717, 1.165) is 24.2 Å². The van der Waals surface area contributed by atoms with Gasteiger partial charge in [0.15, 0.2) is 0 Å². The van der Waals surface area contributed by atoms with Crippen LogP contribution in [0.15, 0.2) is 47.6 Å². The highest BCUT2D eigenvalue weighted by Crippen LogP contribution is 2.40. The van der Waals surface area contributed by atoms with Crippen LogP contribution in [0.2, 0.25) is 5.02 Å². The Labute approximate surface area is 234 Å². The minimum absolute atomic E-state index is 0.113. The summed E-state index contributed by atoms with van der Waals surface area (Å²) >= 11 is 6.50. The summed E-state index contributed by atoms with van der Waals surface area (Å²) < 4.78 is 21.6. The van der Waals surface area contributed by atoms with Crippen LogP contribution in [0.3, 0.4) is 0 Å². The summed E-state index contributed by atoms with van der Waals surface area (Å²) in [4.78, 5) is 30.5. The molecule has 0 radical (unpaired) electrons. The van der Waals surface area contributed by atoms with Crippen LogP contribution in [0.1, 0.15) is 23.6 Å². The van der Waals surface area contributed by atoms with E-state index >= 15 is 0 Å². The SMILES string of the molecule is COCC(=O)N(CCN1CCOCC1)CC(=O)N1N=C(c2ccccc2Cl)C[C@H]1c1cc(OC)ccc1OC. The maximum Gasteiger partial charge on any atom is 0.262 e. The molecule has 1 atom stereocenters. The van der Waals surface area contributed by atoms with E-state index in [1.54, 1.807) is 32.4 Å². The second-order valence-electron chi connectivity index (χ2n) is 9.29. The molecule has 1 saturated heterocycles. The molecule has 0 spiro atoms. The van der Waals surface area contributed by atoms with E-state index in [1.165, 1.54) is 17.0 Å². The highest BCUT2D eigenvalue weighted by Gasteiger charge is 2.36. The van der Waals surface area contributed by atoms with Crippen LogP contribution < -0.4 is 9.47 Å². The highest BCUT2D eigenvalue weighted by molar-refractivity contribution is 6.34. The first-order valence-electron chi connectivity index (χ1n) is 12.9. The Bertz CT molecular complexity index is 1190. The van der Waals surface area contributed by atoms with Gasteiger partial charge in [-0.3, -0.25) is 14.5 Å². The van der Waals surface area contributed by atoms with E-state index in [0.29, 0.717) is 55.0 Å². The number of carbonyl (C=O) groups is 2. The summed E-state index contributed by atoms with van der Waals surface area (Å²) in [7, 11) is 4.63. The first kappa shape index (κ1) is 28.8. The molecule has 0 saturated carbocycles. The van der Waals surface area contributed by atoms with Crippen LogP contribution in [0.4, 0.5) is 0 Å². The summed E-state index contributed by atoms with van der Waals surface area (Å²) in [6.07, 6.45) is 0.415. The van der Waals surface area contributed by atoms with Crippen LogP contribution in [0, 0.1) is 0 Å². The summed E-state index contributed by atoms with van der Waals surface area (Å²) in [5.74, 6) is 0.656. The number of benzene rings is 2. The van der Waals surface area contributed by atoms with Gasteiger partial charge in [0.1, 0.15) is 24.7 Å². The van der Waals surface area contributed by atoms with Crippen molar-refractivity contribution in [2.24, 2.45) is 5.10 Å². The molecule has 210 valence electrons. The molecule has 10 nitrogen and oxygen atoms in total. The zero-order valence-corrected chi connectivity index (χ0v) is 23.4. The van der Waals surface area contributed by atoms with Gasteiger partial charge in [-0.1, -0.05) is 29.8 Å². The van der Waals surface area contributed by atoms with Gasteiger partial charge in [0.2, 0.25) is 5.91 Å². The monoisotopic (exact) mass is 558 g/mol. The average molecular weight is 559 g/mol. The van der Waals surface area contributed by atoms with E-state index < -0.39 is 6.04 Å². The van der Waals surface area contributed by atoms with Crippen molar-refractivity contribution in [1.29, 1.82) is 0 Å². The van der Waals surface area contributed by atoms with Crippen LogP contribution >= 0.6 is 11.6 Å². The van der Waals surface area contributed by atoms with Crippen molar-refractivity contribution in [3.8, 4) is 11.5 Å². The third-order valence-electron chi connectivity index (χ3n) is 6.88. The highest BCUT2D eigenvalue weighted by atomic mass is 35.5. The number of amides is 2. The van der Waals surface area contributed by atoms with Gasteiger partial charge in [-0.25, -0.2) is 5.01 Å². The molecule has 0 unspecified atom stereocenters. The molecule has 0 bridgehead atoms. The molecule has 0 aliphatic carbocycles. The molecule has 2 aromatic rings. The lowest BCUT2D eigenvalue weighted by molar-refractivity contribution is -0.143. The number of ether oxygens (including phenoxy) is 4. The number of rotatable bonds is 11. The number of carbonyl (C=O) groups excluding carboxylic acids is 2. The van der Waals surface area contributed by atoms with Crippen molar-refractivity contribution in [3.05, 3.63) is 58.6 Å². The normalized spacial score (nSPS) is 17.6. The van der Waals surface area contributed by atoms with Crippen LogP contribution in [0.25, 0.3) is 0 Å². The Morgan fingerprint density at radius 3 is 2.56 bits per heavy atom. The molecule has 1 fully saturated rings. The zero-order chi connectivity index (χ0) is 27.8. The van der Waals surface area contributed by atoms with Crippen molar-refractivity contribution in [2.75, 3.05) is 73.9 Å². The molecular formula is C28H35ClN4O6. The van der Waals surface area contributed by atoms with Crippen LogP contribution in [-0.4, -0.2) is 106 Å². The number of morpholine rings is 1. The van der Waals surface area contributed by atoms with Gasteiger partial charge >= 0.3 is 0 Å². The minimum atomic E-state index is -0.479. The Morgan fingerprint density at radius 2 is 1.87 bits per heavy atom. The quantitative estimate of drug-likeness (QED) is 0.419. The van der Waals surface area contributed by atoms with Gasteiger partial charge in [0.25, 0.3) is 5.91 Å². The predicted octanol–water partition coefficient (Wildman–Crippen LogP) is 2.84. The summed E-state index contributed by atoms with van der Waals surface area (Å²) in [5, 5.41) is 6.73. The third kappa shape index (κ3) is 7.07. The predicted molar refractivity (Wildman–Crippen MR) is 147 cm³/mol. The fraction of sp³-hybridized carbons (Fsp3) is 0.464. The van der Waals surface area contributed by atoms with E-state index in [9.17, 15) is 9.59 Å². The number of hydrazone groups is 1. The smallest absolute Gasteiger partial charge is 0.262 e. The van der Waals surface area contributed by atoms with Gasteiger partial charge in [0, 0.05) is 55.9 Å². The van der Waals surface area contributed by atoms with Crippen molar-refractivity contribution >= 4 is 29.1 Å². The van der Waals surface area contributed by atoms with Gasteiger partial charge < -0.3 is 23.8 Å². The lowest BCUT2D eigenvalue weighted by Gasteiger charge is -2.31. The summed E-state index contributed by atoms with van der Waals surface area (Å²) in [6, 6.07) is 12.4. The molecule has 2 heterocycles. The standard InChI is InChI=1S/C28H35ClN4O6/c1-36-19-28(35)32(11-10-31-12-14-39-15-13-31)18-27(34)33-25(22-16-20(37-2)8-9-26(22)38-3)17-24(30-33)21-6-4-5-7-23(21)29/h4-9,16,25H,10-15,17-19H2,1-3H3/t25-/m0/s1. The van der Waals surface area contributed by atoms with Crippen LogP contribution in [0.5, 0.6) is 11.5 Å². The first-order chi connectivity index (χ1) is 18.9. The van der Waals surface area contributed by atoms with Crippen molar-refractivity contribution in [1.82, 2.24) is 14.8 Å². The third-order valence-corrected chi connectivity index (χ3v) is 7.21. The van der Waals surface area contributed by atoms with E-state index in [2.05, 4.69) is 4.90 Å². The maximum atomic E-state index is 13.9. The molecule has 2 aliphatic heterocycles. The fourth-order valence-corrected chi connectivity index (χ4v) is 5.01. The number of halogens is 1. The van der Waals surface area contributed by atoms with E-state index in [1.807, 2.05) is 24.3 Å². The molecule has 39 heavy (non-hydrogen) atoms. The molecule has 2 amide bonds. The topological polar surface area (TPSA) is 93.1 Å². The number of methoxy groups -OCH3 is 3. The molecule has 4 rings (SSSR count). The lowest BCUT2D eigenvalue weighted by Crippen LogP contribution is -2.47. The Kier molecular flexibility index (Phi) is 10.2. The average Bonchev–Trinajstić information content (AvgIpc) is 3.41. The maximum absolute atomic E-state index is 13.9. The minimum Gasteiger partial charge on any atom is -0.497 e. The Balaban J connectivity index is 1.63. The van der Waals surface area contributed by atoms with Crippen molar-refractivity contribution in [3.63, 3.8) is 0 Å². The second kappa shape index (κ2) is 13.7. The fourth-order valence-electron chi connectivity index (χ4n) is 4.77. The van der Waals surface area contributed by atoms with E-state index in [-0.39, 0.29) is 25.0 Å². The first-order valence-corrected chi connectivity index (χ1v) is 13.3. The molecule has 0 aromatic heterocycles. The molecular weight excluding hydrogens is 524 g/mol. The van der Waals surface area contributed by atoms with Gasteiger partial charge in [-0.15, -0.1) is 0 Å². The lowest BCUT2D eigenvalue weighted by atomic mass is 9.97. The Hall–Kier alpha value is -3.18. The number of hydrogen-bond acceptors (Lipinski definition) is 8. The van der Waals surface area contributed by atoms with Gasteiger partial charge in [-0.05, 0) is 24.3 Å². The van der Waals surface area contributed by atoms with E-state index in [4.69, 9.17) is 35.6 Å². The van der Waals surface area contributed by atoms with Gasteiger partial charge in [-0.2, -0.15) is 5.10 Å². The van der Waals surface area contributed by atoms with Crippen LogP contribution in [-0.2, 0) is 19.1 Å². The molecule has 2 aliphatic rings. The summed E-state index contributed by atoms with van der Waals surface area (Å²) in [5.41, 5.74) is 2.17. The van der Waals surface area contributed by atoms with Crippen molar-refractivity contribution < 1.29 is 28.5 Å². The number of nitrogens with zero attached hydrogens (tertiary/aromatic N) is 4. The number of hydrogen-bond donors (Lipinski definition) is 0.